The molecule has 0 aliphatic rings. The van der Waals surface area contributed by atoms with E-state index in [9.17, 15) is 19.5 Å². The Balaban J connectivity index is 2.71. The van der Waals surface area contributed by atoms with E-state index in [-0.39, 0.29) is 18.4 Å². The molecule has 1 rings (SSSR count). The maximum Gasteiger partial charge on any atom is 0.408 e. The number of benzene rings is 1. The molecular weight excluding hydrogens is 336 g/mol. The van der Waals surface area contributed by atoms with Gasteiger partial charge in [-0.05, 0) is 17.4 Å². The van der Waals surface area contributed by atoms with E-state index in [1.165, 1.54) is 0 Å². The predicted octanol–water partition coefficient (Wildman–Crippen LogP) is 2.55. The number of carboxylic acid groups (broad SMARTS) is 1. The SMILES string of the molecule is CC[C@H](C)[C@H](NC(=O)OCc1ccccc1)C(=O)N[C@H](C(=O)O)C(C)C. The van der Waals surface area contributed by atoms with Crippen molar-refractivity contribution in [2.24, 2.45) is 11.8 Å². The first-order chi connectivity index (χ1) is 12.3. The minimum absolute atomic E-state index is 0.0886. The van der Waals surface area contributed by atoms with Gasteiger partial charge < -0.3 is 20.5 Å². The fourth-order valence-electron chi connectivity index (χ4n) is 2.35. The smallest absolute Gasteiger partial charge is 0.408 e. The van der Waals surface area contributed by atoms with Crippen molar-refractivity contribution in [1.82, 2.24) is 10.6 Å². The minimum Gasteiger partial charge on any atom is -0.480 e. The third kappa shape index (κ3) is 6.74. The van der Waals surface area contributed by atoms with Crippen LogP contribution >= 0.6 is 0 Å². The van der Waals surface area contributed by atoms with E-state index in [0.717, 1.165) is 5.56 Å². The number of carboxylic acids is 1. The van der Waals surface area contributed by atoms with Crippen molar-refractivity contribution in [3.05, 3.63) is 35.9 Å². The molecule has 0 fully saturated rings. The Morgan fingerprint density at radius 1 is 1.04 bits per heavy atom. The molecule has 2 amide bonds. The third-order valence-electron chi connectivity index (χ3n) is 4.21. The highest BCUT2D eigenvalue weighted by molar-refractivity contribution is 5.89. The highest BCUT2D eigenvalue weighted by Crippen LogP contribution is 2.11. The summed E-state index contributed by atoms with van der Waals surface area (Å²) in [7, 11) is 0. The summed E-state index contributed by atoms with van der Waals surface area (Å²) in [5.74, 6) is -2.10. The molecule has 3 atom stereocenters. The molecule has 0 saturated carbocycles. The van der Waals surface area contributed by atoms with Crippen LogP contribution < -0.4 is 10.6 Å². The first kappa shape index (κ1) is 21.5. The van der Waals surface area contributed by atoms with Crippen LogP contribution in [0.5, 0.6) is 0 Å². The van der Waals surface area contributed by atoms with E-state index < -0.39 is 30.1 Å². The lowest BCUT2D eigenvalue weighted by molar-refractivity contribution is -0.143. The molecular formula is C19H28N2O5. The Morgan fingerprint density at radius 3 is 2.15 bits per heavy atom. The number of nitrogens with one attached hydrogen (secondary N) is 2. The molecule has 7 nitrogen and oxygen atoms in total. The number of carbonyl (C=O) groups is 3. The number of aliphatic carboxylic acids is 1. The van der Waals surface area contributed by atoms with Crippen molar-refractivity contribution >= 4 is 18.0 Å². The second kappa shape index (κ2) is 10.4. The summed E-state index contributed by atoms with van der Waals surface area (Å²) < 4.78 is 5.16. The molecule has 0 saturated heterocycles. The van der Waals surface area contributed by atoms with Gasteiger partial charge >= 0.3 is 12.1 Å². The molecule has 1 aromatic carbocycles. The molecule has 0 aliphatic carbocycles. The average Bonchev–Trinajstić information content (AvgIpc) is 2.61. The number of hydrogen-bond acceptors (Lipinski definition) is 4. The van der Waals surface area contributed by atoms with Gasteiger partial charge in [-0.25, -0.2) is 9.59 Å². The van der Waals surface area contributed by atoms with Crippen LogP contribution in [-0.2, 0) is 20.9 Å². The van der Waals surface area contributed by atoms with Gasteiger partial charge in [0.15, 0.2) is 0 Å². The summed E-state index contributed by atoms with van der Waals surface area (Å²) in [5.41, 5.74) is 0.831. The molecule has 7 heteroatoms. The minimum atomic E-state index is -1.11. The van der Waals surface area contributed by atoms with Crippen LogP contribution in [-0.4, -0.2) is 35.2 Å². The quantitative estimate of drug-likeness (QED) is 0.625. The summed E-state index contributed by atoms with van der Waals surface area (Å²) in [5, 5.41) is 14.3. The fraction of sp³-hybridized carbons (Fsp3) is 0.526. The van der Waals surface area contributed by atoms with E-state index >= 15 is 0 Å². The second-order valence-electron chi connectivity index (χ2n) is 6.64. The van der Waals surface area contributed by atoms with Gasteiger partial charge in [0, 0.05) is 0 Å². The van der Waals surface area contributed by atoms with E-state index in [2.05, 4.69) is 10.6 Å². The summed E-state index contributed by atoms with van der Waals surface area (Å²) in [6, 6.07) is 7.30. The normalized spacial score (nSPS) is 14.2. The molecule has 0 radical (unpaired) electrons. The molecule has 1 aromatic rings. The lowest BCUT2D eigenvalue weighted by Crippen LogP contribution is -2.55. The standard InChI is InChI=1S/C19H28N2O5/c1-5-13(4)16(17(22)20-15(12(2)3)18(23)24)21-19(25)26-11-14-9-7-6-8-10-14/h6-10,12-13,15-16H,5,11H2,1-4H3,(H,20,22)(H,21,25)(H,23,24)/t13-,15-,16-/m0/s1. The molecule has 0 heterocycles. The fourth-order valence-corrected chi connectivity index (χ4v) is 2.35. The molecule has 0 aliphatic heterocycles. The van der Waals surface area contributed by atoms with Gasteiger partial charge in [0.25, 0.3) is 0 Å². The molecule has 0 bridgehead atoms. The maximum atomic E-state index is 12.5. The van der Waals surface area contributed by atoms with Crippen LogP contribution in [0, 0.1) is 11.8 Å². The largest absolute Gasteiger partial charge is 0.480 e. The van der Waals surface area contributed by atoms with Gasteiger partial charge in [0.2, 0.25) is 5.91 Å². The third-order valence-corrected chi connectivity index (χ3v) is 4.21. The lowest BCUT2D eigenvalue weighted by atomic mass is 9.97. The Morgan fingerprint density at radius 2 is 1.65 bits per heavy atom. The number of carbonyl (C=O) groups excluding carboxylic acids is 2. The molecule has 0 aromatic heterocycles. The van der Waals surface area contributed by atoms with E-state index in [1.54, 1.807) is 13.8 Å². The number of ether oxygens (including phenoxy) is 1. The van der Waals surface area contributed by atoms with Crippen molar-refractivity contribution in [3.63, 3.8) is 0 Å². The van der Waals surface area contributed by atoms with E-state index in [0.29, 0.717) is 6.42 Å². The zero-order valence-electron chi connectivity index (χ0n) is 15.7. The number of hydrogen-bond donors (Lipinski definition) is 3. The summed E-state index contributed by atoms with van der Waals surface area (Å²) in [6.07, 6.45) is -0.0815. The predicted molar refractivity (Wildman–Crippen MR) is 97.4 cm³/mol. The second-order valence-corrected chi connectivity index (χ2v) is 6.64. The average molecular weight is 364 g/mol. The van der Waals surface area contributed by atoms with Crippen LogP contribution in [0.3, 0.4) is 0 Å². The Hall–Kier alpha value is -2.57. The maximum absolute atomic E-state index is 12.5. The van der Waals surface area contributed by atoms with Gasteiger partial charge in [-0.2, -0.15) is 0 Å². The van der Waals surface area contributed by atoms with E-state index in [4.69, 9.17) is 4.74 Å². The first-order valence-corrected chi connectivity index (χ1v) is 8.76. The monoisotopic (exact) mass is 364 g/mol. The van der Waals surface area contributed by atoms with Crippen LogP contribution in [0.2, 0.25) is 0 Å². The van der Waals surface area contributed by atoms with Gasteiger partial charge in [0.1, 0.15) is 18.7 Å². The van der Waals surface area contributed by atoms with Crippen molar-refractivity contribution < 1.29 is 24.2 Å². The van der Waals surface area contributed by atoms with Crippen LogP contribution in [0.4, 0.5) is 4.79 Å². The lowest BCUT2D eigenvalue weighted by Gasteiger charge is -2.26. The molecule has 3 N–H and O–H groups in total. The number of rotatable bonds is 9. The Kier molecular flexibility index (Phi) is 8.61. The summed E-state index contributed by atoms with van der Waals surface area (Å²) >= 11 is 0. The topological polar surface area (TPSA) is 105 Å². The van der Waals surface area contributed by atoms with Crippen molar-refractivity contribution in [2.45, 2.75) is 52.8 Å². The van der Waals surface area contributed by atoms with Gasteiger partial charge in [-0.15, -0.1) is 0 Å². The molecule has 26 heavy (non-hydrogen) atoms. The number of amides is 2. The van der Waals surface area contributed by atoms with Crippen molar-refractivity contribution in [1.29, 1.82) is 0 Å². The van der Waals surface area contributed by atoms with Gasteiger partial charge in [-0.3, -0.25) is 4.79 Å². The number of alkyl carbamates (subject to hydrolysis) is 1. The van der Waals surface area contributed by atoms with Crippen molar-refractivity contribution in [2.75, 3.05) is 0 Å². The van der Waals surface area contributed by atoms with E-state index in [1.807, 2.05) is 44.2 Å². The molecule has 0 unspecified atom stereocenters. The summed E-state index contributed by atoms with van der Waals surface area (Å²) in [6.45, 7) is 7.20. The summed E-state index contributed by atoms with van der Waals surface area (Å²) in [4.78, 5) is 35.9. The van der Waals surface area contributed by atoms with Gasteiger partial charge in [-0.1, -0.05) is 64.4 Å². The highest BCUT2D eigenvalue weighted by Gasteiger charge is 2.31. The van der Waals surface area contributed by atoms with Crippen molar-refractivity contribution in [3.8, 4) is 0 Å². The zero-order chi connectivity index (χ0) is 19.7. The Labute approximate surface area is 154 Å². The first-order valence-electron chi connectivity index (χ1n) is 8.76. The highest BCUT2D eigenvalue weighted by atomic mass is 16.5. The Bertz CT molecular complexity index is 603. The van der Waals surface area contributed by atoms with Crippen LogP contribution in [0.1, 0.15) is 39.7 Å². The zero-order valence-corrected chi connectivity index (χ0v) is 15.7. The van der Waals surface area contributed by atoms with Crippen LogP contribution in [0.15, 0.2) is 30.3 Å². The molecule has 0 spiro atoms. The molecule has 144 valence electrons. The van der Waals surface area contributed by atoms with Crippen LogP contribution in [0.25, 0.3) is 0 Å². The van der Waals surface area contributed by atoms with Gasteiger partial charge in [0.05, 0.1) is 0 Å².